The third-order valence-corrected chi connectivity index (χ3v) is 9.27. The van der Waals surface area contributed by atoms with E-state index in [0.29, 0.717) is 43.7 Å². The van der Waals surface area contributed by atoms with E-state index in [4.69, 9.17) is 9.72 Å². The zero-order valence-electron chi connectivity index (χ0n) is 25.1. The maximum atomic E-state index is 12.6. The standard InChI is InChI=1S/C32H40N8O2/c1-6-29(41)40-21(3)16-39(17-22(40)4)31-24-11-13-38(30-20(2)9-10-27-26(30)15-34-36-27)18-28(24)35-32(25(31)14-33)42-19-23-8-7-12-37(23)5/h6,9-10,15,21-23H,1,7-8,11-13,16-19H2,2-5H3,(H,34,36)/t21-,22+,23-/m0/s1. The lowest BCUT2D eigenvalue weighted by molar-refractivity contribution is -0.130. The molecule has 6 rings (SSSR count). The summed E-state index contributed by atoms with van der Waals surface area (Å²) >= 11 is 0. The molecule has 42 heavy (non-hydrogen) atoms. The number of benzene rings is 1. The maximum Gasteiger partial charge on any atom is 0.246 e. The van der Waals surface area contributed by atoms with Gasteiger partial charge < -0.3 is 24.3 Å². The molecule has 0 unspecified atom stereocenters. The number of ether oxygens (including phenoxy) is 1. The number of likely N-dealkylation sites (N-methyl/N-ethyl adjacent to an activating group) is 1. The first-order valence-electron chi connectivity index (χ1n) is 15.0. The van der Waals surface area contributed by atoms with Gasteiger partial charge in [0, 0.05) is 48.7 Å². The van der Waals surface area contributed by atoms with Crippen LogP contribution in [0.3, 0.4) is 0 Å². The van der Waals surface area contributed by atoms with E-state index in [1.807, 2.05) is 11.1 Å². The number of amides is 1. The number of carbonyl (C=O) groups excluding carboxylic acids is 1. The van der Waals surface area contributed by atoms with Crippen LogP contribution in [0, 0.1) is 18.3 Å². The van der Waals surface area contributed by atoms with Gasteiger partial charge in [-0.1, -0.05) is 12.6 Å². The zero-order valence-corrected chi connectivity index (χ0v) is 25.1. The van der Waals surface area contributed by atoms with Gasteiger partial charge in [-0.25, -0.2) is 4.98 Å². The van der Waals surface area contributed by atoms with Crippen molar-refractivity contribution < 1.29 is 9.53 Å². The fraction of sp³-hybridized carbons (Fsp3) is 0.500. The fourth-order valence-corrected chi connectivity index (χ4v) is 7.22. The molecule has 0 saturated carbocycles. The van der Waals surface area contributed by atoms with Gasteiger partial charge in [0.1, 0.15) is 18.2 Å². The molecular formula is C32H40N8O2. The Balaban J connectivity index is 1.41. The van der Waals surface area contributed by atoms with E-state index >= 15 is 0 Å². The average Bonchev–Trinajstić information content (AvgIpc) is 3.62. The summed E-state index contributed by atoms with van der Waals surface area (Å²) in [5.74, 6) is 0.354. The number of aromatic nitrogens is 3. The second-order valence-corrected chi connectivity index (χ2v) is 12.1. The molecule has 2 fully saturated rings. The second-order valence-electron chi connectivity index (χ2n) is 12.1. The number of anilines is 2. The summed E-state index contributed by atoms with van der Waals surface area (Å²) in [4.78, 5) is 26.6. The largest absolute Gasteiger partial charge is 0.475 e. The molecule has 0 bridgehead atoms. The molecular weight excluding hydrogens is 528 g/mol. The molecule has 0 spiro atoms. The molecule has 2 aromatic heterocycles. The van der Waals surface area contributed by atoms with Crippen molar-refractivity contribution in [2.24, 2.45) is 0 Å². The van der Waals surface area contributed by atoms with Crippen molar-refractivity contribution in [3.05, 3.63) is 53.4 Å². The van der Waals surface area contributed by atoms with E-state index in [1.54, 1.807) is 0 Å². The summed E-state index contributed by atoms with van der Waals surface area (Å²) < 4.78 is 6.42. The average molecular weight is 569 g/mol. The molecule has 10 nitrogen and oxygen atoms in total. The highest BCUT2D eigenvalue weighted by atomic mass is 16.5. The predicted molar refractivity (Wildman–Crippen MR) is 164 cm³/mol. The molecule has 220 valence electrons. The highest BCUT2D eigenvalue weighted by Crippen LogP contribution is 2.40. The van der Waals surface area contributed by atoms with Gasteiger partial charge in [-0.2, -0.15) is 10.4 Å². The molecule has 1 amide bonds. The number of piperazine rings is 1. The van der Waals surface area contributed by atoms with E-state index in [9.17, 15) is 10.1 Å². The Morgan fingerprint density at radius 2 is 2.00 bits per heavy atom. The Kier molecular flexibility index (Phi) is 7.54. The molecule has 1 N–H and O–H groups in total. The van der Waals surface area contributed by atoms with Gasteiger partial charge in [0.25, 0.3) is 0 Å². The highest BCUT2D eigenvalue weighted by molar-refractivity contribution is 5.93. The maximum absolute atomic E-state index is 12.6. The number of H-pyrrole nitrogens is 1. The van der Waals surface area contributed by atoms with Crippen LogP contribution in [0.25, 0.3) is 10.9 Å². The molecule has 3 aromatic rings. The first-order valence-corrected chi connectivity index (χ1v) is 15.0. The Hall–Kier alpha value is -4.10. The number of hydrogen-bond donors (Lipinski definition) is 1. The third kappa shape index (κ3) is 4.86. The van der Waals surface area contributed by atoms with Crippen LogP contribution in [0.5, 0.6) is 5.88 Å². The van der Waals surface area contributed by atoms with Crippen molar-refractivity contribution in [1.29, 1.82) is 5.26 Å². The van der Waals surface area contributed by atoms with Crippen LogP contribution in [0.1, 0.15) is 49.1 Å². The lowest BCUT2D eigenvalue weighted by Gasteiger charge is -2.46. The quantitative estimate of drug-likeness (QED) is 0.448. The normalized spacial score (nSPS) is 22.7. The van der Waals surface area contributed by atoms with E-state index in [1.165, 1.54) is 11.6 Å². The number of rotatable bonds is 6. The van der Waals surface area contributed by atoms with E-state index < -0.39 is 0 Å². The highest BCUT2D eigenvalue weighted by Gasteiger charge is 2.37. The molecule has 3 aliphatic rings. The van der Waals surface area contributed by atoms with Crippen molar-refractivity contribution in [3.8, 4) is 11.9 Å². The Morgan fingerprint density at radius 3 is 2.69 bits per heavy atom. The Morgan fingerprint density at radius 1 is 1.21 bits per heavy atom. The Labute approximate surface area is 247 Å². The van der Waals surface area contributed by atoms with Crippen LogP contribution in [-0.2, 0) is 17.8 Å². The van der Waals surface area contributed by atoms with Gasteiger partial charge in [-0.15, -0.1) is 0 Å². The van der Waals surface area contributed by atoms with Gasteiger partial charge in [0.05, 0.1) is 35.3 Å². The Bertz CT molecular complexity index is 1550. The van der Waals surface area contributed by atoms with Crippen molar-refractivity contribution in [2.45, 2.75) is 64.7 Å². The van der Waals surface area contributed by atoms with Crippen molar-refractivity contribution >= 4 is 28.2 Å². The van der Waals surface area contributed by atoms with E-state index in [0.717, 1.165) is 65.9 Å². The van der Waals surface area contributed by atoms with Crippen LogP contribution < -0.4 is 14.5 Å². The number of hydrogen-bond acceptors (Lipinski definition) is 8. The molecule has 1 aromatic carbocycles. The van der Waals surface area contributed by atoms with Gasteiger partial charge in [-0.05, 0) is 71.3 Å². The van der Waals surface area contributed by atoms with Gasteiger partial charge in [0.2, 0.25) is 11.8 Å². The number of likely N-dealkylation sites (tertiary alicyclic amines) is 1. The fourth-order valence-electron chi connectivity index (χ4n) is 7.22. The SMILES string of the molecule is C=CC(=O)N1[C@H](C)CN(c2c(C#N)c(OC[C@@H]3CCCN3C)nc3c2CCN(c2c(C)ccc4[nH]ncc24)C3)C[C@@H]1C. The number of nitrogens with one attached hydrogen (secondary N) is 1. The third-order valence-electron chi connectivity index (χ3n) is 9.27. The number of nitrogens with zero attached hydrogens (tertiary/aromatic N) is 7. The first kappa shape index (κ1) is 28.0. The first-order chi connectivity index (χ1) is 20.3. The van der Waals surface area contributed by atoms with Crippen molar-refractivity contribution in [1.82, 2.24) is 25.0 Å². The minimum absolute atomic E-state index is 0.0347. The van der Waals surface area contributed by atoms with Crippen molar-refractivity contribution in [3.63, 3.8) is 0 Å². The number of carbonyl (C=O) groups is 1. The monoisotopic (exact) mass is 568 g/mol. The summed E-state index contributed by atoms with van der Waals surface area (Å²) in [6.07, 6.45) is 6.26. The molecule has 0 aliphatic carbocycles. The van der Waals surface area contributed by atoms with Crippen LogP contribution in [-0.4, -0.2) is 88.8 Å². The molecule has 2 saturated heterocycles. The van der Waals surface area contributed by atoms with Crippen LogP contribution in [0.2, 0.25) is 0 Å². The van der Waals surface area contributed by atoms with Gasteiger partial charge >= 0.3 is 0 Å². The van der Waals surface area contributed by atoms with Crippen LogP contribution >= 0.6 is 0 Å². The minimum atomic E-state index is -0.0592. The summed E-state index contributed by atoms with van der Waals surface area (Å²) in [5.41, 5.74) is 6.82. The number of aromatic amines is 1. The minimum Gasteiger partial charge on any atom is -0.475 e. The zero-order chi connectivity index (χ0) is 29.5. The van der Waals surface area contributed by atoms with Crippen LogP contribution in [0.4, 0.5) is 11.4 Å². The predicted octanol–water partition coefficient (Wildman–Crippen LogP) is 3.79. The lowest BCUT2D eigenvalue weighted by Crippen LogP contribution is -2.58. The lowest BCUT2D eigenvalue weighted by atomic mass is 9.95. The second kappa shape index (κ2) is 11.3. The number of fused-ring (bicyclic) bond motifs is 2. The van der Waals surface area contributed by atoms with E-state index in [2.05, 4.69) is 77.5 Å². The van der Waals surface area contributed by atoms with Crippen molar-refractivity contribution in [2.75, 3.05) is 49.6 Å². The molecule has 5 heterocycles. The number of nitriles is 1. The van der Waals surface area contributed by atoms with Gasteiger partial charge in [-0.3, -0.25) is 9.89 Å². The molecule has 3 atom stereocenters. The summed E-state index contributed by atoms with van der Waals surface area (Å²) in [5, 5.41) is 19.0. The van der Waals surface area contributed by atoms with Crippen LogP contribution in [0.15, 0.2) is 31.0 Å². The van der Waals surface area contributed by atoms with Gasteiger partial charge in [0.15, 0.2) is 0 Å². The number of pyridine rings is 1. The molecule has 0 radical (unpaired) electrons. The summed E-state index contributed by atoms with van der Waals surface area (Å²) in [6, 6.07) is 6.92. The smallest absolute Gasteiger partial charge is 0.246 e. The molecule has 3 aliphatic heterocycles. The summed E-state index contributed by atoms with van der Waals surface area (Å²) in [7, 11) is 2.13. The van der Waals surface area contributed by atoms with E-state index in [-0.39, 0.29) is 18.0 Å². The molecule has 10 heteroatoms. The number of aryl methyl sites for hydroxylation is 1. The summed E-state index contributed by atoms with van der Waals surface area (Å²) in [6.45, 7) is 14.2. The topological polar surface area (TPSA) is 105 Å².